The van der Waals surface area contributed by atoms with Crippen LogP contribution in [0.15, 0.2) is 48.9 Å². The highest BCUT2D eigenvalue weighted by molar-refractivity contribution is 5.95. The zero-order chi connectivity index (χ0) is 19.0. The number of hydrogen-bond donors (Lipinski definition) is 2. The monoisotopic (exact) mass is 370 g/mol. The lowest BCUT2D eigenvalue weighted by Crippen LogP contribution is -2.17. The molecule has 0 saturated heterocycles. The molecule has 0 spiro atoms. The largest absolute Gasteiger partial charge is 0.326 e. The van der Waals surface area contributed by atoms with Crippen molar-refractivity contribution in [3.05, 3.63) is 48.9 Å². The average Bonchev–Trinajstić information content (AvgIpc) is 3.10. The Hall–Kier alpha value is -3.36. The maximum Gasteiger partial charge on any atom is 0.260 e. The predicted molar refractivity (Wildman–Crippen MR) is 95.6 cm³/mol. The third-order valence-corrected chi connectivity index (χ3v) is 4.21. The van der Waals surface area contributed by atoms with E-state index in [0.717, 1.165) is 11.3 Å². The van der Waals surface area contributed by atoms with Gasteiger partial charge in [-0.25, -0.2) is 18.7 Å². The predicted octanol–water partition coefficient (Wildman–Crippen LogP) is 3.21. The molecule has 0 aliphatic heterocycles. The fourth-order valence-corrected chi connectivity index (χ4v) is 2.65. The van der Waals surface area contributed by atoms with Gasteiger partial charge in [-0.3, -0.25) is 9.48 Å². The van der Waals surface area contributed by atoms with Crippen molar-refractivity contribution in [1.29, 1.82) is 0 Å². The lowest BCUT2D eigenvalue weighted by atomic mass is 10.1. The van der Waals surface area contributed by atoms with Gasteiger partial charge in [-0.1, -0.05) is 12.1 Å². The number of nitrogens with one attached hydrogen (secondary N) is 2. The summed E-state index contributed by atoms with van der Waals surface area (Å²) in [5.74, 6) is -4.32. The molecular formula is C18H16F2N6O. The molecule has 2 heterocycles. The van der Waals surface area contributed by atoms with Crippen LogP contribution in [0.3, 0.4) is 0 Å². The van der Waals surface area contributed by atoms with E-state index in [1.165, 1.54) is 0 Å². The van der Waals surface area contributed by atoms with Crippen molar-refractivity contribution >= 4 is 23.2 Å². The number of aromatic nitrogens is 4. The Labute approximate surface area is 153 Å². The number of rotatable bonds is 5. The Morgan fingerprint density at radius 2 is 1.96 bits per heavy atom. The summed E-state index contributed by atoms with van der Waals surface area (Å²) < 4.78 is 27.6. The van der Waals surface area contributed by atoms with Crippen LogP contribution in [-0.2, 0) is 11.8 Å². The van der Waals surface area contributed by atoms with Crippen LogP contribution in [0.5, 0.6) is 0 Å². The van der Waals surface area contributed by atoms with Crippen LogP contribution in [0.2, 0.25) is 0 Å². The van der Waals surface area contributed by atoms with Gasteiger partial charge in [0.2, 0.25) is 11.9 Å². The number of nitrogens with zero attached hydrogens (tertiary/aromatic N) is 4. The summed E-state index contributed by atoms with van der Waals surface area (Å²) in [7, 11) is 1.81. The summed E-state index contributed by atoms with van der Waals surface area (Å²) in [5.41, 5.74) is 2.73. The molecule has 0 radical (unpaired) electrons. The van der Waals surface area contributed by atoms with Gasteiger partial charge in [-0.05, 0) is 18.2 Å². The normalized spacial score (nSPS) is 17.4. The SMILES string of the molecule is Cn1cc(Nc2nccc(-c3ccc(NC(=O)[C@@H]4CC4(F)F)cc3)n2)cn1. The number of carbonyl (C=O) groups excluding carboxylic acids is 1. The second-order valence-electron chi connectivity index (χ2n) is 6.38. The second-order valence-corrected chi connectivity index (χ2v) is 6.38. The fourth-order valence-electron chi connectivity index (χ4n) is 2.65. The molecule has 0 bridgehead atoms. The van der Waals surface area contributed by atoms with Crippen molar-refractivity contribution in [2.45, 2.75) is 12.3 Å². The van der Waals surface area contributed by atoms with Crippen molar-refractivity contribution < 1.29 is 13.6 Å². The first-order valence-electron chi connectivity index (χ1n) is 8.28. The fraction of sp³-hybridized carbons (Fsp3) is 0.222. The number of hydrogen-bond acceptors (Lipinski definition) is 5. The lowest BCUT2D eigenvalue weighted by molar-refractivity contribution is -0.119. The molecule has 27 heavy (non-hydrogen) atoms. The van der Waals surface area contributed by atoms with Crippen LogP contribution in [-0.4, -0.2) is 31.6 Å². The Morgan fingerprint density at radius 1 is 1.22 bits per heavy atom. The van der Waals surface area contributed by atoms with Crippen LogP contribution in [0.4, 0.5) is 26.1 Å². The maximum atomic E-state index is 12.9. The highest BCUT2D eigenvalue weighted by atomic mass is 19.3. The zero-order valence-electron chi connectivity index (χ0n) is 14.4. The molecule has 1 aliphatic carbocycles. The van der Waals surface area contributed by atoms with Crippen molar-refractivity contribution in [3.8, 4) is 11.3 Å². The molecule has 0 unspecified atom stereocenters. The summed E-state index contributed by atoms with van der Waals surface area (Å²) in [6.45, 7) is 0. The molecule has 9 heteroatoms. The number of amides is 1. The number of alkyl halides is 2. The maximum absolute atomic E-state index is 12.9. The van der Waals surface area contributed by atoms with E-state index in [0.29, 0.717) is 17.3 Å². The second kappa shape index (κ2) is 6.42. The average molecular weight is 370 g/mol. The first-order valence-corrected chi connectivity index (χ1v) is 8.28. The molecule has 1 saturated carbocycles. The van der Waals surface area contributed by atoms with E-state index in [2.05, 4.69) is 25.7 Å². The molecule has 7 nitrogen and oxygen atoms in total. The highest BCUT2D eigenvalue weighted by Crippen LogP contribution is 2.49. The minimum atomic E-state index is -2.87. The van der Waals surface area contributed by atoms with E-state index in [4.69, 9.17) is 0 Å². The van der Waals surface area contributed by atoms with Crippen LogP contribution < -0.4 is 10.6 Å². The van der Waals surface area contributed by atoms with Gasteiger partial charge in [0.05, 0.1) is 17.6 Å². The van der Waals surface area contributed by atoms with Crippen molar-refractivity contribution in [2.24, 2.45) is 13.0 Å². The summed E-state index contributed by atoms with van der Waals surface area (Å²) in [5, 5.41) is 9.65. The first kappa shape index (κ1) is 17.1. The Balaban J connectivity index is 1.45. The van der Waals surface area contributed by atoms with E-state index in [9.17, 15) is 13.6 Å². The molecule has 2 aromatic heterocycles. The number of benzene rings is 1. The van der Waals surface area contributed by atoms with Crippen molar-refractivity contribution in [1.82, 2.24) is 19.7 Å². The van der Waals surface area contributed by atoms with Gasteiger partial charge in [0, 0.05) is 37.1 Å². The van der Waals surface area contributed by atoms with Crippen LogP contribution >= 0.6 is 0 Å². The van der Waals surface area contributed by atoms with Gasteiger partial charge in [0.15, 0.2) is 0 Å². The molecule has 138 valence electrons. The van der Waals surface area contributed by atoms with Gasteiger partial charge >= 0.3 is 0 Å². The van der Waals surface area contributed by atoms with Crippen LogP contribution in [0, 0.1) is 5.92 Å². The highest BCUT2D eigenvalue weighted by Gasteiger charge is 2.61. The minimum absolute atomic E-state index is 0.384. The molecule has 1 aliphatic rings. The quantitative estimate of drug-likeness (QED) is 0.720. The van der Waals surface area contributed by atoms with E-state index in [1.807, 2.05) is 7.05 Å². The Kier molecular flexibility index (Phi) is 4.06. The summed E-state index contributed by atoms with van der Waals surface area (Å²) >= 11 is 0. The van der Waals surface area contributed by atoms with Crippen molar-refractivity contribution in [3.63, 3.8) is 0 Å². The summed E-state index contributed by atoms with van der Waals surface area (Å²) in [6, 6.07) is 8.59. The van der Waals surface area contributed by atoms with E-state index < -0.39 is 17.7 Å². The van der Waals surface area contributed by atoms with Gasteiger partial charge in [-0.2, -0.15) is 5.10 Å². The summed E-state index contributed by atoms with van der Waals surface area (Å²) in [6.07, 6.45) is 4.71. The molecule has 1 fully saturated rings. The van der Waals surface area contributed by atoms with Crippen LogP contribution in [0.1, 0.15) is 6.42 Å². The number of carbonyl (C=O) groups is 1. The zero-order valence-corrected chi connectivity index (χ0v) is 14.4. The standard InChI is InChI=1S/C18H16F2N6O/c1-26-10-13(9-22-26)24-17-21-7-6-15(25-17)11-2-4-12(5-3-11)23-16(27)14-8-18(14,19)20/h2-7,9-10,14H,8H2,1H3,(H,23,27)(H,21,24,25)/t14-/m0/s1. The third-order valence-electron chi connectivity index (χ3n) is 4.21. The Morgan fingerprint density at radius 3 is 2.59 bits per heavy atom. The number of halogens is 2. The number of aryl methyl sites for hydroxylation is 1. The third kappa shape index (κ3) is 3.76. The van der Waals surface area contributed by atoms with Gasteiger partial charge in [0.25, 0.3) is 5.92 Å². The van der Waals surface area contributed by atoms with Crippen molar-refractivity contribution in [2.75, 3.05) is 10.6 Å². The Bertz CT molecular complexity index is 986. The molecule has 4 rings (SSSR count). The topological polar surface area (TPSA) is 84.7 Å². The van der Waals surface area contributed by atoms with Gasteiger partial charge in [0.1, 0.15) is 5.92 Å². The molecule has 1 amide bonds. The smallest absolute Gasteiger partial charge is 0.260 e. The lowest BCUT2D eigenvalue weighted by Gasteiger charge is -2.07. The number of anilines is 3. The van der Waals surface area contributed by atoms with E-state index in [-0.39, 0.29) is 6.42 Å². The van der Waals surface area contributed by atoms with E-state index >= 15 is 0 Å². The first-order chi connectivity index (χ1) is 12.9. The van der Waals surface area contributed by atoms with Gasteiger partial charge in [-0.15, -0.1) is 0 Å². The van der Waals surface area contributed by atoms with Crippen LogP contribution in [0.25, 0.3) is 11.3 Å². The van der Waals surface area contributed by atoms with E-state index in [1.54, 1.807) is 53.6 Å². The van der Waals surface area contributed by atoms with Gasteiger partial charge < -0.3 is 10.6 Å². The summed E-state index contributed by atoms with van der Waals surface area (Å²) in [4.78, 5) is 20.4. The molecule has 3 aromatic rings. The molecule has 1 aromatic carbocycles. The molecule has 2 N–H and O–H groups in total. The minimum Gasteiger partial charge on any atom is -0.326 e. The molecule has 1 atom stereocenters. The molecular weight excluding hydrogens is 354 g/mol.